The van der Waals surface area contributed by atoms with E-state index in [1.54, 1.807) is 13.2 Å². The first-order chi connectivity index (χ1) is 11.0. The number of hydrogen-bond acceptors (Lipinski definition) is 4. The minimum Gasteiger partial charge on any atom is -0.497 e. The van der Waals surface area contributed by atoms with Crippen LogP contribution in [0.25, 0.3) is 6.08 Å². The number of piperazine rings is 1. The largest absolute Gasteiger partial charge is 0.497 e. The lowest BCUT2D eigenvalue weighted by molar-refractivity contribution is -0.127. The van der Waals surface area contributed by atoms with Gasteiger partial charge in [0.15, 0.2) is 0 Å². The summed E-state index contributed by atoms with van der Waals surface area (Å²) in [6.45, 7) is 7.96. The van der Waals surface area contributed by atoms with E-state index in [9.17, 15) is 4.79 Å². The predicted molar refractivity (Wildman–Crippen MR) is 91.6 cm³/mol. The van der Waals surface area contributed by atoms with Gasteiger partial charge in [-0.3, -0.25) is 9.69 Å². The van der Waals surface area contributed by atoms with Crippen LogP contribution < -0.4 is 4.74 Å². The SMILES string of the molecule is COc1cc(C)c(/C=C/C(=O)N2CCN(CCO)CC2)c(C)c1. The van der Waals surface area contributed by atoms with Gasteiger partial charge >= 0.3 is 0 Å². The molecule has 1 aromatic carbocycles. The first-order valence-corrected chi connectivity index (χ1v) is 8.00. The number of rotatable bonds is 5. The summed E-state index contributed by atoms with van der Waals surface area (Å²) < 4.78 is 5.26. The number of benzene rings is 1. The van der Waals surface area contributed by atoms with Crippen molar-refractivity contribution in [3.63, 3.8) is 0 Å². The van der Waals surface area contributed by atoms with E-state index >= 15 is 0 Å². The highest BCUT2D eigenvalue weighted by molar-refractivity contribution is 5.92. The lowest BCUT2D eigenvalue weighted by Gasteiger charge is -2.33. The normalized spacial score (nSPS) is 16.1. The molecule has 5 heteroatoms. The fraction of sp³-hybridized carbons (Fsp3) is 0.500. The molecule has 1 aromatic rings. The Morgan fingerprint density at radius 3 is 2.35 bits per heavy atom. The summed E-state index contributed by atoms with van der Waals surface area (Å²) in [7, 11) is 1.66. The van der Waals surface area contributed by atoms with E-state index in [1.807, 2.05) is 37.0 Å². The lowest BCUT2D eigenvalue weighted by atomic mass is 10.0. The van der Waals surface area contributed by atoms with Crippen molar-refractivity contribution in [2.75, 3.05) is 46.4 Å². The van der Waals surface area contributed by atoms with Crippen LogP contribution in [0.1, 0.15) is 16.7 Å². The second-order valence-corrected chi connectivity index (χ2v) is 5.90. The maximum Gasteiger partial charge on any atom is 0.246 e. The lowest BCUT2D eigenvalue weighted by Crippen LogP contribution is -2.48. The standard InChI is InChI=1S/C18H26N2O3/c1-14-12-16(23-3)13-15(2)17(14)4-5-18(22)20-8-6-19(7-9-20)10-11-21/h4-5,12-13,21H,6-11H2,1-3H3/b5-4+. The first-order valence-electron chi connectivity index (χ1n) is 8.00. The summed E-state index contributed by atoms with van der Waals surface area (Å²) in [5.41, 5.74) is 3.26. The fourth-order valence-electron chi connectivity index (χ4n) is 2.91. The van der Waals surface area contributed by atoms with Crippen LogP contribution in [0.15, 0.2) is 18.2 Å². The molecule has 1 aliphatic heterocycles. The van der Waals surface area contributed by atoms with E-state index in [-0.39, 0.29) is 12.5 Å². The van der Waals surface area contributed by atoms with Gasteiger partial charge in [-0.25, -0.2) is 0 Å². The Morgan fingerprint density at radius 2 is 1.83 bits per heavy atom. The first kappa shape index (κ1) is 17.5. The van der Waals surface area contributed by atoms with Crippen LogP contribution in [0, 0.1) is 13.8 Å². The summed E-state index contributed by atoms with van der Waals surface area (Å²) in [5, 5.41) is 8.95. The van der Waals surface area contributed by atoms with Gasteiger partial charge in [-0.05, 0) is 48.7 Å². The highest BCUT2D eigenvalue weighted by Crippen LogP contribution is 2.22. The van der Waals surface area contributed by atoms with Crippen LogP contribution in [0.4, 0.5) is 0 Å². The van der Waals surface area contributed by atoms with E-state index in [2.05, 4.69) is 4.90 Å². The number of methoxy groups -OCH3 is 1. The summed E-state index contributed by atoms with van der Waals surface area (Å²) in [6, 6.07) is 3.95. The number of aryl methyl sites for hydroxylation is 2. The van der Waals surface area contributed by atoms with Gasteiger partial charge in [0.05, 0.1) is 13.7 Å². The van der Waals surface area contributed by atoms with Gasteiger partial charge in [-0.1, -0.05) is 0 Å². The molecule has 0 atom stereocenters. The van der Waals surface area contributed by atoms with Crippen molar-refractivity contribution < 1.29 is 14.6 Å². The molecule has 1 aliphatic rings. The van der Waals surface area contributed by atoms with E-state index in [4.69, 9.17) is 9.84 Å². The molecule has 0 saturated carbocycles. The van der Waals surface area contributed by atoms with Crippen molar-refractivity contribution in [1.82, 2.24) is 9.80 Å². The van der Waals surface area contributed by atoms with E-state index < -0.39 is 0 Å². The molecule has 0 radical (unpaired) electrons. The molecule has 1 N–H and O–H groups in total. The zero-order valence-electron chi connectivity index (χ0n) is 14.2. The van der Waals surface area contributed by atoms with Crippen molar-refractivity contribution in [2.45, 2.75) is 13.8 Å². The zero-order valence-corrected chi connectivity index (χ0v) is 14.2. The Kier molecular flexibility index (Phi) is 6.19. The topological polar surface area (TPSA) is 53.0 Å². The highest BCUT2D eigenvalue weighted by Gasteiger charge is 2.19. The van der Waals surface area contributed by atoms with Crippen LogP contribution >= 0.6 is 0 Å². The van der Waals surface area contributed by atoms with Crippen molar-refractivity contribution in [1.29, 1.82) is 0 Å². The number of carbonyl (C=O) groups is 1. The third-order valence-electron chi connectivity index (χ3n) is 4.30. The molecular weight excluding hydrogens is 292 g/mol. The predicted octanol–water partition coefficient (Wildman–Crippen LogP) is 1.46. The van der Waals surface area contributed by atoms with Crippen LogP contribution in [0.5, 0.6) is 5.75 Å². The Balaban J connectivity index is 1.99. The number of aliphatic hydroxyl groups excluding tert-OH is 1. The average molecular weight is 318 g/mol. The quantitative estimate of drug-likeness (QED) is 0.835. The molecule has 23 heavy (non-hydrogen) atoms. The molecule has 0 aromatic heterocycles. The number of nitrogens with zero attached hydrogens (tertiary/aromatic N) is 2. The summed E-state index contributed by atoms with van der Waals surface area (Å²) in [6.07, 6.45) is 3.55. The van der Waals surface area contributed by atoms with Gasteiger partial charge in [0.1, 0.15) is 5.75 Å². The van der Waals surface area contributed by atoms with Gasteiger partial charge in [-0.15, -0.1) is 0 Å². The van der Waals surface area contributed by atoms with Crippen molar-refractivity contribution in [3.8, 4) is 5.75 Å². The maximum atomic E-state index is 12.3. The molecule has 0 spiro atoms. The van der Waals surface area contributed by atoms with Gasteiger partial charge < -0.3 is 14.7 Å². The van der Waals surface area contributed by atoms with Crippen molar-refractivity contribution in [2.24, 2.45) is 0 Å². The molecule has 1 fully saturated rings. The second-order valence-electron chi connectivity index (χ2n) is 5.90. The number of aliphatic hydroxyl groups is 1. The number of hydrogen-bond donors (Lipinski definition) is 1. The van der Waals surface area contributed by atoms with Crippen LogP contribution in [-0.2, 0) is 4.79 Å². The van der Waals surface area contributed by atoms with Gasteiger partial charge in [-0.2, -0.15) is 0 Å². The molecule has 0 unspecified atom stereocenters. The molecular formula is C18H26N2O3. The van der Waals surface area contributed by atoms with Gasteiger partial charge in [0.2, 0.25) is 5.91 Å². The number of β-amino-alcohol motifs (C(OH)–C–C–N with tert-alkyl or cyclic N) is 1. The smallest absolute Gasteiger partial charge is 0.246 e. The van der Waals surface area contributed by atoms with Gasteiger partial charge in [0, 0.05) is 38.8 Å². The monoisotopic (exact) mass is 318 g/mol. The molecule has 0 bridgehead atoms. The van der Waals surface area contributed by atoms with Crippen LogP contribution in [0.3, 0.4) is 0 Å². The molecule has 0 aliphatic carbocycles. The Morgan fingerprint density at radius 1 is 1.22 bits per heavy atom. The third-order valence-corrected chi connectivity index (χ3v) is 4.30. The van der Waals surface area contributed by atoms with E-state index in [1.165, 1.54) is 0 Å². The summed E-state index contributed by atoms with van der Waals surface area (Å²) >= 11 is 0. The Hall–Kier alpha value is -1.85. The second kappa shape index (κ2) is 8.13. The number of carbonyl (C=O) groups excluding carboxylic acids is 1. The summed E-state index contributed by atoms with van der Waals surface area (Å²) in [4.78, 5) is 16.4. The van der Waals surface area contributed by atoms with Gasteiger partial charge in [0.25, 0.3) is 0 Å². The number of ether oxygens (including phenoxy) is 1. The van der Waals surface area contributed by atoms with Crippen LogP contribution in [-0.4, -0.2) is 67.3 Å². The van der Waals surface area contributed by atoms with Crippen molar-refractivity contribution in [3.05, 3.63) is 34.9 Å². The van der Waals surface area contributed by atoms with E-state index in [0.717, 1.165) is 35.5 Å². The Bertz CT molecular complexity index is 553. The molecule has 5 nitrogen and oxygen atoms in total. The fourth-order valence-corrected chi connectivity index (χ4v) is 2.91. The molecule has 1 heterocycles. The number of amides is 1. The summed E-state index contributed by atoms with van der Waals surface area (Å²) in [5.74, 6) is 0.881. The molecule has 126 valence electrons. The molecule has 2 rings (SSSR count). The maximum absolute atomic E-state index is 12.3. The Labute approximate surface area is 138 Å². The minimum atomic E-state index is 0.0447. The zero-order chi connectivity index (χ0) is 16.8. The van der Waals surface area contributed by atoms with Crippen LogP contribution in [0.2, 0.25) is 0 Å². The minimum absolute atomic E-state index is 0.0447. The molecule has 1 saturated heterocycles. The highest BCUT2D eigenvalue weighted by atomic mass is 16.5. The van der Waals surface area contributed by atoms with E-state index in [0.29, 0.717) is 19.6 Å². The molecule has 1 amide bonds. The average Bonchev–Trinajstić information content (AvgIpc) is 2.54. The van der Waals surface area contributed by atoms with Crippen molar-refractivity contribution >= 4 is 12.0 Å². The third kappa shape index (κ3) is 4.56.